The van der Waals surface area contributed by atoms with Crippen molar-refractivity contribution in [1.29, 1.82) is 0 Å². The molecule has 2 aromatic rings. The van der Waals surface area contributed by atoms with Crippen LogP contribution in [-0.4, -0.2) is 35.6 Å². The Bertz CT molecular complexity index is 605. The first-order chi connectivity index (χ1) is 11.1. The van der Waals surface area contributed by atoms with E-state index in [2.05, 4.69) is 29.0 Å². The van der Waals surface area contributed by atoms with Gasteiger partial charge < -0.3 is 14.2 Å². The number of amides is 1. The average Bonchev–Trinajstić information content (AvgIpc) is 2.98. The first kappa shape index (κ1) is 17.3. The monoisotopic (exact) mass is 314 g/mol. The molecule has 0 atom stereocenters. The van der Waals surface area contributed by atoms with Crippen molar-refractivity contribution in [1.82, 2.24) is 9.47 Å². The number of carbonyl (C=O) groups excluding carboxylic acids is 1. The maximum atomic E-state index is 12.4. The summed E-state index contributed by atoms with van der Waals surface area (Å²) in [5.74, 6) is 0.152. The number of aromatic nitrogens is 1. The van der Waals surface area contributed by atoms with Crippen molar-refractivity contribution in [2.75, 3.05) is 20.3 Å². The summed E-state index contributed by atoms with van der Waals surface area (Å²) in [6, 6.07) is 14.5. The molecule has 4 nitrogen and oxygen atoms in total. The summed E-state index contributed by atoms with van der Waals surface area (Å²) in [4.78, 5) is 14.3. The zero-order valence-corrected chi connectivity index (χ0v) is 14.2. The Balaban J connectivity index is 2.11. The van der Waals surface area contributed by atoms with Crippen LogP contribution in [0.2, 0.25) is 0 Å². The third-order valence-electron chi connectivity index (χ3n) is 3.84. The van der Waals surface area contributed by atoms with Gasteiger partial charge >= 0.3 is 0 Å². The maximum Gasteiger partial charge on any atom is 0.225 e. The van der Waals surface area contributed by atoms with E-state index in [-0.39, 0.29) is 11.8 Å². The van der Waals surface area contributed by atoms with Crippen molar-refractivity contribution >= 4 is 5.91 Å². The summed E-state index contributed by atoms with van der Waals surface area (Å²) >= 11 is 0. The Morgan fingerprint density at radius 3 is 2.57 bits per heavy atom. The fraction of sp³-hybridized carbons (Fsp3) is 0.421. The van der Waals surface area contributed by atoms with Gasteiger partial charge in [0.15, 0.2) is 0 Å². The second-order valence-corrected chi connectivity index (χ2v) is 6.02. The number of rotatable bonds is 8. The average molecular weight is 314 g/mol. The topological polar surface area (TPSA) is 34.5 Å². The first-order valence-electron chi connectivity index (χ1n) is 8.07. The van der Waals surface area contributed by atoms with Crippen molar-refractivity contribution in [3.8, 4) is 0 Å². The third kappa shape index (κ3) is 4.96. The van der Waals surface area contributed by atoms with Crippen molar-refractivity contribution in [2.45, 2.75) is 26.9 Å². The zero-order chi connectivity index (χ0) is 16.7. The molecule has 0 bridgehead atoms. The Morgan fingerprint density at radius 1 is 1.17 bits per heavy atom. The molecule has 0 saturated carbocycles. The lowest BCUT2D eigenvalue weighted by molar-refractivity contribution is -0.135. The van der Waals surface area contributed by atoms with Crippen molar-refractivity contribution < 1.29 is 9.53 Å². The van der Waals surface area contributed by atoms with Crippen LogP contribution in [0.25, 0.3) is 0 Å². The Morgan fingerprint density at radius 2 is 1.91 bits per heavy atom. The highest BCUT2D eigenvalue weighted by atomic mass is 16.5. The van der Waals surface area contributed by atoms with Gasteiger partial charge in [-0.2, -0.15) is 0 Å². The molecule has 1 heterocycles. The van der Waals surface area contributed by atoms with Crippen LogP contribution in [0.15, 0.2) is 48.7 Å². The van der Waals surface area contributed by atoms with Crippen LogP contribution in [0, 0.1) is 5.92 Å². The van der Waals surface area contributed by atoms with Crippen molar-refractivity contribution in [3.63, 3.8) is 0 Å². The summed E-state index contributed by atoms with van der Waals surface area (Å²) in [6.45, 7) is 6.47. The third-order valence-corrected chi connectivity index (χ3v) is 3.84. The largest absolute Gasteiger partial charge is 0.383 e. The summed E-state index contributed by atoms with van der Waals surface area (Å²) in [5.41, 5.74) is 2.39. The fourth-order valence-electron chi connectivity index (χ4n) is 2.56. The second kappa shape index (κ2) is 8.53. The quantitative estimate of drug-likeness (QED) is 0.750. The molecule has 0 aliphatic carbocycles. The van der Waals surface area contributed by atoms with Gasteiger partial charge in [-0.1, -0.05) is 44.2 Å². The molecule has 0 unspecified atom stereocenters. The van der Waals surface area contributed by atoms with Crippen LogP contribution in [-0.2, 0) is 22.6 Å². The standard InChI is InChI=1S/C19H26N2O2/c1-16(2)19(22)21(12-13-23-3)15-18-10-7-11-20(18)14-17-8-5-4-6-9-17/h4-11,16H,12-15H2,1-3H3. The minimum atomic E-state index is -0.00982. The number of hydrogen-bond acceptors (Lipinski definition) is 2. The molecule has 1 aromatic heterocycles. The van der Waals surface area contributed by atoms with Crippen LogP contribution in [0.5, 0.6) is 0 Å². The van der Waals surface area contributed by atoms with Gasteiger partial charge in [-0.05, 0) is 17.7 Å². The highest BCUT2D eigenvalue weighted by molar-refractivity contribution is 5.78. The van der Waals surface area contributed by atoms with Gasteiger partial charge in [0.05, 0.1) is 13.2 Å². The normalized spacial score (nSPS) is 11.0. The molecule has 0 radical (unpaired) electrons. The lowest BCUT2D eigenvalue weighted by Crippen LogP contribution is -2.36. The smallest absolute Gasteiger partial charge is 0.225 e. The van der Waals surface area contributed by atoms with E-state index in [0.717, 1.165) is 12.2 Å². The summed E-state index contributed by atoms with van der Waals surface area (Å²) in [7, 11) is 1.66. The predicted molar refractivity (Wildman–Crippen MR) is 92.1 cm³/mol. The first-order valence-corrected chi connectivity index (χ1v) is 8.07. The Kier molecular flexibility index (Phi) is 6.41. The second-order valence-electron chi connectivity index (χ2n) is 6.02. The molecule has 0 fully saturated rings. The van der Waals surface area contributed by atoms with E-state index < -0.39 is 0 Å². The van der Waals surface area contributed by atoms with Gasteiger partial charge in [0, 0.05) is 38.0 Å². The van der Waals surface area contributed by atoms with Gasteiger partial charge in [-0.3, -0.25) is 4.79 Å². The lowest BCUT2D eigenvalue weighted by atomic mass is 10.2. The molecular formula is C19H26N2O2. The van der Waals surface area contributed by atoms with E-state index in [1.165, 1.54) is 5.56 Å². The van der Waals surface area contributed by atoms with E-state index >= 15 is 0 Å². The van der Waals surface area contributed by atoms with Crippen LogP contribution >= 0.6 is 0 Å². The van der Waals surface area contributed by atoms with Gasteiger partial charge in [0.1, 0.15) is 0 Å². The minimum absolute atomic E-state index is 0.00982. The lowest BCUT2D eigenvalue weighted by Gasteiger charge is -2.25. The van der Waals surface area contributed by atoms with E-state index in [1.807, 2.05) is 43.0 Å². The highest BCUT2D eigenvalue weighted by Gasteiger charge is 2.18. The summed E-state index contributed by atoms with van der Waals surface area (Å²) in [5, 5.41) is 0. The molecule has 0 aliphatic heterocycles. The summed E-state index contributed by atoms with van der Waals surface area (Å²) < 4.78 is 7.34. The molecule has 1 aromatic carbocycles. The Hall–Kier alpha value is -2.07. The van der Waals surface area contributed by atoms with Crippen molar-refractivity contribution in [2.24, 2.45) is 5.92 Å². The summed E-state index contributed by atoms with van der Waals surface area (Å²) in [6.07, 6.45) is 2.07. The van der Waals surface area contributed by atoms with Gasteiger partial charge in [-0.15, -0.1) is 0 Å². The number of ether oxygens (including phenoxy) is 1. The molecule has 23 heavy (non-hydrogen) atoms. The van der Waals surface area contributed by atoms with E-state index in [0.29, 0.717) is 19.7 Å². The van der Waals surface area contributed by atoms with Gasteiger partial charge in [0.2, 0.25) is 5.91 Å². The van der Waals surface area contributed by atoms with E-state index in [4.69, 9.17) is 4.74 Å². The molecule has 0 N–H and O–H groups in total. The molecule has 0 spiro atoms. The van der Waals surface area contributed by atoms with E-state index in [1.54, 1.807) is 7.11 Å². The maximum absolute atomic E-state index is 12.4. The van der Waals surface area contributed by atoms with Gasteiger partial charge in [-0.25, -0.2) is 0 Å². The fourth-order valence-corrected chi connectivity index (χ4v) is 2.56. The van der Waals surface area contributed by atoms with Crippen LogP contribution in [0.4, 0.5) is 0 Å². The number of hydrogen-bond donors (Lipinski definition) is 0. The van der Waals surface area contributed by atoms with E-state index in [9.17, 15) is 4.79 Å². The minimum Gasteiger partial charge on any atom is -0.383 e. The van der Waals surface area contributed by atoms with Gasteiger partial charge in [0.25, 0.3) is 0 Å². The Labute approximate surface area is 138 Å². The number of nitrogens with zero attached hydrogens (tertiary/aromatic N) is 2. The van der Waals surface area contributed by atoms with Crippen molar-refractivity contribution in [3.05, 3.63) is 59.9 Å². The molecule has 4 heteroatoms. The molecule has 2 rings (SSSR count). The number of carbonyl (C=O) groups is 1. The molecule has 0 saturated heterocycles. The molecular weight excluding hydrogens is 288 g/mol. The SMILES string of the molecule is COCCN(Cc1cccn1Cc1ccccc1)C(=O)C(C)C. The van der Waals surface area contributed by atoms with Crippen LogP contribution in [0.1, 0.15) is 25.1 Å². The molecule has 1 amide bonds. The molecule has 124 valence electrons. The van der Waals surface area contributed by atoms with Crippen LogP contribution < -0.4 is 0 Å². The molecule has 0 aliphatic rings. The van der Waals surface area contributed by atoms with Crippen LogP contribution in [0.3, 0.4) is 0 Å². The predicted octanol–water partition coefficient (Wildman–Crippen LogP) is 3.17. The highest BCUT2D eigenvalue weighted by Crippen LogP contribution is 2.12. The number of benzene rings is 1. The zero-order valence-electron chi connectivity index (χ0n) is 14.2. The number of methoxy groups -OCH3 is 1.